The van der Waals surface area contributed by atoms with E-state index in [9.17, 15) is 9.90 Å². The number of ether oxygens (including phenoxy) is 1. The molecular weight excluding hydrogens is 244 g/mol. The van der Waals surface area contributed by atoms with E-state index in [0.717, 1.165) is 17.7 Å². The van der Waals surface area contributed by atoms with E-state index in [1.54, 1.807) is 13.3 Å². The van der Waals surface area contributed by atoms with E-state index >= 15 is 0 Å². The number of methoxy groups -OCH3 is 1. The lowest BCUT2D eigenvalue weighted by atomic mass is 9.99. The monoisotopic (exact) mass is 262 g/mol. The molecule has 1 aromatic heterocycles. The van der Waals surface area contributed by atoms with Gasteiger partial charge in [0.15, 0.2) is 0 Å². The zero-order valence-electron chi connectivity index (χ0n) is 11.4. The molecule has 0 radical (unpaired) electrons. The molecule has 0 fully saturated rings. The summed E-state index contributed by atoms with van der Waals surface area (Å²) in [4.78, 5) is 17.0. The minimum atomic E-state index is -0.933. The SMILES string of the molecule is COc1cc(C2=CC[C@H](C)CN2C(=O)O)cnc1C. The second kappa shape index (κ2) is 5.30. The average Bonchev–Trinajstić information content (AvgIpc) is 2.39. The Morgan fingerprint density at radius 1 is 1.58 bits per heavy atom. The summed E-state index contributed by atoms with van der Waals surface area (Å²) in [6, 6.07) is 1.83. The summed E-state index contributed by atoms with van der Waals surface area (Å²) in [6.07, 6.45) is 3.58. The molecule has 1 aliphatic heterocycles. The maximum absolute atomic E-state index is 11.3. The van der Waals surface area contributed by atoms with Crippen molar-refractivity contribution >= 4 is 11.8 Å². The van der Waals surface area contributed by atoms with Crippen molar-refractivity contribution < 1.29 is 14.6 Å². The molecule has 1 N–H and O–H groups in total. The van der Waals surface area contributed by atoms with Gasteiger partial charge in [-0.15, -0.1) is 0 Å². The molecule has 19 heavy (non-hydrogen) atoms. The Labute approximate surface area is 112 Å². The van der Waals surface area contributed by atoms with Gasteiger partial charge in [-0.2, -0.15) is 0 Å². The highest BCUT2D eigenvalue weighted by molar-refractivity contribution is 5.81. The fraction of sp³-hybridized carbons (Fsp3) is 0.429. The largest absolute Gasteiger partial charge is 0.495 e. The van der Waals surface area contributed by atoms with Crippen LogP contribution in [0.3, 0.4) is 0 Å². The summed E-state index contributed by atoms with van der Waals surface area (Å²) in [5, 5.41) is 9.30. The molecule has 0 saturated carbocycles. The van der Waals surface area contributed by atoms with E-state index in [-0.39, 0.29) is 0 Å². The van der Waals surface area contributed by atoms with E-state index in [1.165, 1.54) is 4.90 Å². The van der Waals surface area contributed by atoms with Crippen LogP contribution in [0.25, 0.3) is 5.70 Å². The molecule has 0 aliphatic carbocycles. The van der Waals surface area contributed by atoms with Gasteiger partial charge in [0.05, 0.1) is 18.5 Å². The van der Waals surface area contributed by atoms with Crippen molar-refractivity contribution in [2.75, 3.05) is 13.7 Å². The molecule has 0 spiro atoms. The zero-order chi connectivity index (χ0) is 14.0. The summed E-state index contributed by atoms with van der Waals surface area (Å²) in [5.41, 5.74) is 2.26. The normalized spacial score (nSPS) is 19.0. The number of hydrogen-bond donors (Lipinski definition) is 1. The Hall–Kier alpha value is -2.04. The van der Waals surface area contributed by atoms with Crippen LogP contribution in [0, 0.1) is 12.8 Å². The quantitative estimate of drug-likeness (QED) is 0.890. The van der Waals surface area contributed by atoms with E-state index in [0.29, 0.717) is 23.9 Å². The third-order valence-corrected chi connectivity index (χ3v) is 3.29. The second-order valence-corrected chi connectivity index (χ2v) is 4.84. The van der Waals surface area contributed by atoms with E-state index in [2.05, 4.69) is 4.98 Å². The number of nitrogens with zero attached hydrogens (tertiary/aromatic N) is 2. The van der Waals surface area contributed by atoms with Gasteiger partial charge in [0.25, 0.3) is 0 Å². The highest BCUT2D eigenvalue weighted by atomic mass is 16.5. The average molecular weight is 262 g/mol. The van der Waals surface area contributed by atoms with E-state index < -0.39 is 6.09 Å². The van der Waals surface area contributed by atoms with E-state index in [1.807, 2.05) is 26.0 Å². The summed E-state index contributed by atoms with van der Waals surface area (Å²) in [5.74, 6) is 1.00. The number of carbonyl (C=O) groups is 1. The summed E-state index contributed by atoms with van der Waals surface area (Å²) in [7, 11) is 1.58. The molecule has 1 atom stereocenters. The van der Waals surface area contributed by atoms with Crippen LogP contribution < -0.4 is 4.74 Å². The van der Waals surface area contributed by atoms with Gasteiger partial charge in [0.1, 0.15) is 5.75 Å². The molecule has 5 nitrogen and oxygen atoms in total. The third-order valence-electron chi connectivity index (χ3n) is 3.29. The number of pyridine rings is 1. The predicted octanol–water partition coefficient (Wildman–Crippen LogP) is 2.76. The van der Waals surface area contributed by atoms with Crippen molar-refractivity contribution in [3.8, 4) is 5.75 Å². The number of aryl methyl sites for hydroxylation is 1. The fourth-order valence-electron chi connectivity index (χ4n) is 2.22. The highest BCUT2D eigenvalue weighted by Gasteiger charge is 2.25. The molecular formula is C14H18N2O3. The smallest absolute Gasteiger partial charge is 0.411 e. The lowest BCUT2D eigenvalue weighted by Crippen LogP contribution is -2.34. The Balaban J connectivity index is 2.41. The van der Waals surface area contributed by atoms with Crippen molar-refractivity contribution in [3.05, 3.63) is 29.6 Å². The molecule has 102 valence electrons. The van der Waals surface area contributed by atoms with Crippen molar-refractivity contribution in [1.82, 2.24) is 9.88 Å². The predicted molar refractivity (Wildman–Crippen MR) is 72.0 cm³/mol. The molecule has 1 aromatic rings. The van der Waals surface area contributed by atoms with Crippen LogP contribution in [0.2, 0.25) is 0 Å². The number of aromatic nitrogens is 1. The first-order chi connectivity index (χ1) is 9.02. The summed E-state index contributed by atoms with van der Waals surface area (Å²) < 4.78 is 5.24. The van der Waals surface area contributed by atoms with Crippen LogP contribution in [0.15, 0.2) is 18.3 Å². The lowest BCUT2D eigenvalue weighted by molar-refractivity contribution is 0.159. The summed E-state index contributed by atoms with van der Waals surface area (Å²) >= 11 is 0. The molecule has 2 heterocycles. The first-order valence-corrected chi connectivity index (χ1v) is 6.24. The Morgan fingerprint density at radius 3 is 2.95 bits per heavy atom. The van der Waals surface area contributed by atoms with Gasteiger partial charge in [-0.3, -0.25) is 9.88 Å². The Morgan fingerprint density at radius 2 is 2.32 bits per heavy atom. The number of rotatable bonds is 2. The van der Waals surface area contributed by atoms with Gasteiger partial charge < -0.3 is 9.84 Å². The van der Waals surface area contributed by atoms with Gasteiger partial charge in [-0.1, -0.05) is 13.0 Å². The first-order valence-electron chi connectivity index (χ1n) is 6.24. The first kappa shape index (κ1) is 13.4. The van der Waals surface area contributed by atoms with Crippen LogP contribution in [-0.4, -0.2) is 34.7 Å². The lowest BCUT2D eigenvalue weighted by Gasteiger charge is -2.30. The van der Waals surface area contributed by atoms with Gasteiger partial charge in [0.2, 0.25) is 0 Å². The van der Waals surface area contributed by atoms with Crippen molar-refractivity contribution in [1.29, 1.82) is 0 Å². The number of hydrogen-bond acceptors (Lipinski definition) is 3. The summed E-state index contributed by atoms with van der Waals surface area (Å²) in [6.45, 7) is 4.41. The number of carboxylic acid groups (broad SMARTS) is 1. The standard InChI is InChI=1S/C14H18N2O3/c1-9-4-5-12(16(8-9)14(17)18)11-6-13(19-3)10(2)15-7-11/h5-7,9H,4,8H2,1-3H3,(H,17,18)/t9-/m0/s1. The topological polar surface area (TPSA) is 62.7 Å². The Bertz CT molecular complexity index is 525. The van der Waals surface area contributed by atoms with Gasteiger partial charge in [-0.25, -0.2) is 4.79 Å². The molecule has 0 saturated heterocycles. The van der Waals surface area contributed by atoms with Gasteiger partial charge in [-0.05, 0) is 25.3 Å². The maximum Gasteiger partial charge on any atom is 0.411 e. The molecule has 1 amide bonds. The molecule has 0 aromatic carbocycles. The second-order valence-electron chi connectivity index (χ2n) is 4.84. The van der Waals surface area contributed by atoms with Crippen LogP contribution >= 0.6 is 0 Å². The van der Waals surface area contributed by atoms with E-state index in [4.69, 9.17) is 4.74 Å². The molecule has 2 rings (SSSR count). The third kappa shape index (κ3) is 2.70. The molecule has 0 bridgehead atoms. The maximum atomic E-state index is 11.3. The van der Waals surface area contributed by atoms with Crippen LogP contribution in [-0.2, 0) is 0 Å². The zero-order valence-corrected chi connectivity index (χ0v) is 11.4. The van der Waals surface area contributed by atoms with Crippen LogP contribution in [0.5, 0.6) is 5.75 Å². The highest BCUT2D eigenvalue weighted by Crippen LogP contribution is 2.29. The molecule has 1 aliphatic rings. The molecule has 0 unspecified atom stereocenters. The van der Waals surface area contributed by atoms with Crippen LogP contribution in [0.1, 0.15) is 24.6 Å². The van der Waals surface area contributed by atoms with Crippen molar-refractivity contribution in [3.63, 3.8) is 0 Å². The fourth-order valence-corrected chi connectivity index (χ4v) is 2.22. The van der Waals surface area contributed by atoms with Crippen molar-refractivity contribution in [2.45, 2.75) is 20.3 Å². The van der Waals surface area contributed by atoms with Crippen LogP contribution in [0.4, 0.5) is 4.79 Å². The minimum absolute atomic E-state index is 0.333. The number of amides is 1. The minimum Gasteiger partial charge on any atom is -0.495 e. The van der Waals surface area contributed by atoms with Crippen molar-refractivity contribution in [2.24, 2.45) is 5.92 Å². The molecule has 5 heteroatoms. The number of allylic oxidation sites excluding steroid dienone is 1. The Kier molecular flexibility index (Phi) is 3.74. The van der Waals surface area contributed by atoms with Gasteiger partial charge >= 0.3 is 6.09 Å². The van der Waals surface area contributed by atoms with Gasteiger partial charge in [0, 0.05) is 18.3 Å².